The van der Waals surface area contributed by atoms with Crippen LogP contribution >= 0.6 is 43.2 Å². The SMILES string of the molecule is CCN(CC)C(=O)c1sc(Br)c(Br)c1OCC(=O)OC. The molecule has 1 amide bonds. The van der Waals surface area contributed by atoms with Gasteiger partial charge in [0.05, 0.1) is 15.4 Å². The van der Waals surface area contributed by atoms with E-state index in [9.17, 15) is 9.59 Å². The van der Waals surface area contributed by atoms with Gasteiger partial charge in [-0.3, -0.25) is 4.79 Å². The van der Waals surface area contributed by atoms with Gasteiger partial charge in [0, 0.05) is 13.1 Å². The molecule has 0 atom stereocenters. The lowest BCUT2D eigenvalue weighted by molar-refractivity contribution is -0.142. The second kappa shape index (κ2) is 7.99. The van der Waals surface area contributed by atoms with Crippen molar-refractivity contribution in [3.8, 4) is 5.75 Å². The van der Waals surface area contributed by atoms with Crippen molar-refractivity contribution in [2.75, 3.05) is 26.8 Å². The van der Waals surface area contributed by atoms with Gasteiger partial charge in [0.25, 0.3) is 5.91 Å². The average molecular weight is 429 g/mol. The van der Waals surface area contributed by atoms with Crippen molar-refractivity contribution in [2.45, 2.75) is 13.8 Å². The number of ether oxygens (including phenoxy) is 2. The molecule has 1 aromatic rings. The van der Waals surface area contributed by atoms with Gasteiger partial charge in [-0.15, -0.1) is 11.3 Å². The minimum absolute atomic E-state index is 0.119. The Morgan fingerprint density at radius 1 is 1.25 bits per heavy atom. The summed E-state index contributed by atoms with van der Waals surface area (Å²) in [7, 11) is 1.28. The molecular weight excluding hydrogens is 414 g/mol. The Morgan fingerprint density at radius 3 is 2.35 bits per heavy atom. The quantitative estimate of drug-likeness (QED) is 0.652. The zero-order chi connectivity index (χ0) is 15.3. The van der Waals surface area contributed by atoms with Crippen LogP contribution in [0.4, 0.5) is 0 Å². The Morgan fingerprint density at radius 2 is 1.85 bits per heavy atom. The molecule has 0 radical (unpaired) electrons. The molecule has 1 heterocycles. The second-order valence-electron chi connectivity index (χ2n) is 3.69. The molecule has 112 valence electrons. The standard InChI is InChI=1S/C12H15Br2NO4S/c1-4-15(5-2)12(17)10-9(8(13)11(14)20-10)19-6-7(16)18-3/h4-6H2,1-3H3. The van der Waals surface area contributed by atoms with Crippen LogP contribution in [0.5, 0.6) is 5.75 Å². The molecule has 5 nitrogen and oxygen atoms in total. The lowest BCUT2D eigenvalue weighted by atomic mass is 10.3. The molecular formula is C12H15Br2NO4S. The number of thiophene rings is 1. The summed E-state index contributed by atoms with van der Waals surface area (Å²) >= 11 is 7.98. The van der Waals surface area contributed by atoms with Crippen LogP contribution < -0.4 is 4.74 Å². The lowest BCUT2D eigenvalue weighted by Crippen LogP contribution is -2.30. The van der Waals surface area contributed by atoms with Crippen LogP contribution in [0.15, 0.2) is 8.26 Å². The second-order valence-corrected chi connectivity index (χ2v) is 6.82. The monoisotopic (exact) mass is 427 g/mol. The first-order chi connectivity index (χ1) is 9.46. The van der Waals surface area contributed by atoms with Crippen molar-refractivity contribution in [3.05, 3.63) is 13.1 Å². The van der Waals surface area contributed by atoms with Gasteiger partial charge in [0.1, 0.15) is 4.88 Å². The number of methoxy groups -OCH3 is 1. The van der Waals surface area contributed by atoms with Gasteiger partial charge in [-0.2, -0.15) is 0 Å². The number of esters is 1. The number of hydrogen-bond acceptors (Lipinski definition) is 5. The van der Waals surface area contributed by atoms with E-state index >= 15 is 0 Å². The van der Waals surface area contributed by atoms with Gasteiger partial charge in [0.2, 0.25) is 0 Å². The maximum atomic E-state index is 12.4. The molecule has 0 saturated heterocycles. The number of rotatable bonds is 6. The van der Waals surface area contributed by atoms with E-state index in [0.717, 1.165) is 3.79 Å². The summed E-state index contributed by atoms with van der Waals surface area (Å²) in [5.41, 5.74) is 0. The van der Waals surface area contributed by atoms with Gasteiger partial charge in [-0.1, -0.05) is 0 Å². The zero-order valence-electron chi connectivity index (χ0n) is 11.4. The molecule has 0 unspecified atom stereocenters. The van der Waals surface area contributed by atoms with Crippen LogP contribution in [0.3, 0.4) is 0 Å². The minimum Gasteiger partial charge on any atom is -0.479 e. The first-order valence-electron chi connectivity index (χ1n) is 5.92. The van der Waals surface area contributed by atoms with Crippen molar-refractivity contribution < 1.29 is 19.1 Å². The molecule has 0 N–H and O–H groups in total. The third-order valence-corrected chi connectivity index (χ3v) is 5.96. The Bertz CT molecular complexity index is 500. The maximum absolute atomic E-state index is 12.4. The fourth-order valence-corrected chi connectivity index (χ4v) is 3.67. The van der Waals surface area contributed by atoms with Crippen LogP contribution in [0.25, 0.3) is 0 Å². The van der Waals surface area contributed by atoms with Crippen LogP contribution in [0.2, 0.25) is 0 Å². The van der Waals surface area contributed by atoms with Gasteiger partial charge in [-0.25, -0.2) is 4.79 Å². The van der Waals surface area contributed by atoms with Gasteiger partial charge < -0.3 is 14.4 Å². The molecule has 0 fully saturated rings. The van der Waals surface area contributed by atoms with Crippen molar-refractivity contribution in [3.63, 3.8) is 0 Å². The van der Waals surface area contributed by atoms with Crippen LogP contribution in [-0.2, 0) is 9.53 Å². The summed E-state index contributed by atoms with van der Waals surface area (Å²) in [4.78, 5) is 25.7. The number of carbonyl (C=O) groups is 2. The Hall–Kier alpha value is -0.600. The fraction of sp³-hybridized carbons (Fsp3) is 0.500. The van der Waals surface area contributed by atoms with Crippen LogP contribution in [0, 0.1) is 0 Å². The Balaban J connectivity index is 3.04. The van der Waals surface area contributed by atoms with Crippen molar-refractivity contribution in [2.24, 2.45) is 0 Å². The van der Waals surface area contributed by atoms with Crippen molar-refractivity contribution in [1.29, 1.82) is 0 Å². The van der Waals surface area contributed by atoms with Gasteiger partial charge in [-0.05, 0) is 45.7 Å². The minimum atomic E-state index is -0.500. The van der Waals surface area contributed by atoms with Crippen LogP contribution in [-0.4, -0.2) is 43.6 Å². The van der Waals surface area contributed by atoms with E-state index in [-0.39, 0.29) is 12.5 Å². The first-order valence-corrected chi connectivity index (χ1v) is 8.33. The summed E-state index contributed by atoms with van der Waals surface area (Å²) in [5.74, 6) is -0.254. The van der Waals surface area contributed by atoms with Crippen molar-refractivity contribution >= 4 is 55.1 Å². The van der Waals surface area contributed by atoms with E-state index in [1.165, 1.54) is 18.4 Å². The Labute approximate surface area is 138 Å². The zero-order valence-corrected chi connectivity index (χ0v) is 15.4. The maximum Gasteiger partial charge on any atom is 0.343 e. The first kappa shape index (κ1) is 17.5. The molecule has 0 spiro atoms. The predicted octanol–water partition coefficient (Wildman–Crippen LogP) is 3.31. The highest BCUT2D eigenvalue weighted by Crippen LogP contribution is 2.43. The van der Waals surface area contributed by atoms with Crippen LogP contribution in [0.1, 0.15) is 23.5 Å². The van der Waals surface area contributed by atoms with Gasteiger partial charge >= 0.3 is 5.97 Å². The highest BCUT2D eigenvalue weighted by atomic mass is 79.9. The highest BCUT2D eigenvalue weighted by molar-refractivity contribution is 9.13. The molecule has 0 aliphatic heterocycles. The molecule has 0 aliphatic rings. The largest absolute Gasteiger partial charge is 0.479 e. The molecule has 0 bridgehead atoms. The smallest absolute Gasteiger partial charge is 0.343 e. The summed E-state index contributed by atoms with van der Waals surface area (Å²) in [6.07, 6.45) is 0. The average Bonchev–Trinajstić information content (AvgIpc) is 2.73. The molecule has 0 aromatic carbocycles. The van der Waals surface area contributed by atoms with E-state index in [2.05, 4.69) is 36.6 Å². The van der Waals surface area contributed by atoms with E-state index in [4.69, 9.17) is 4.74 Å². The summed E-state index contributed by atoms with van der Waals surface area (Å²) < 4.78 is 11.3. The fourth-order valence-electron chi connectivity index (χ4n) is 1.48. The number of hydrogen-bond donors (Lipinski definition) is 0. The number of halogens is 2. The predicted molar refractivity (Wildman–Crippen MR) is 84.5 cm³/mol. The van der Waals surface area contributed by atoms with E-state index in [1.54, 1.807) is 4.90 Å². The molecule has 1 aromatic heterocycles. The van der Waals surface area contributed by atoms with Crippen molar-refractivity contribution in [1.82, 2.24) is 4.90 Å². The molecule has 0 aliphatic carbocycles. The summed E-state index contributed by atoms with van der Waals surface area (Å²) in [6, 6.07) is 0. The highest BCUT2D eigenvalue weighted by Gasteiger charge is 2.25. The molecule has 1 rings (SSSR count). The molecule has 0 saturated carbocycles. The van der Waals surface area contributed by atoms with E-state index in [0.29, 0.717) is 28.2 Å². The molecule has 20 heavy (non-hydrogen) atoms. The molecule has 8 heteroatoms. The number of carbonyl (C=O) groups excluding carboxylic acids is 2. The third kappa shape index (κ3) is 3.95. The summed E-state index contributed by atoms with van der Waals surface area (Å²) in [5, 5.41) is 0. The summed E-state index contributed by atoms with van der Waals surface area (Å²) in [6.45, 7) is 4.80. The number of amides is 1. The third-order valence-electron chi connectivity index (χ3n) is 2.58. The topological polar surface area (TPSA) is 55.8 Å². The van der Waals surface area contributed by atoms with Gasteiger partial charge in [0.15, 0.2) is 12.4 Å². The van der Waals surface area contributed by atoms with E-state index < -0.39 is 5.97 Å². The Kier molecular flexibility index (Phi) is 6.97. The lowest BCUT2D eigenvalue weighted by Gasteiger charge is -2.18. The number of nitrogens with zero attached hydrogens (tertiary/aromatic N) is 1. The van der Waals surface area contributed by atoms with E-state index in [1.807, 2.05) is 13.8 Å². The normalized spacial score (nSPS) is 10.2.